The van der Waals surface area contributed by atoms with Gasteiger partial charge in [0.1, 0.15) is 11.6 Å². The molecule has 0 radical (unpaired) electrons. The van der Waals surface area contributed by atoms with Gasteiger partial charge in [-0.1, -0.05) is 18.2 Å². The highest BCUT2D eigenvalue weighted by molar-refractivity contribution is 7.91. The minimum Gasteiger partial charge on any atom is -0.497 e. The zero-order valence-corrected chi connectivity index (χ0v) is 11.7. The number of sulfonamides is 1. The third-order valence-electron chi connectivity index (χ3n) is 2.67. The van der Waals surface area contributed by atoms with Crippen LogP contribution in [0.1, 0.15) is 5.56 Å². The second-order valence-electron chi connectivity index (χ2n) is 4.18. The van der Waals surface area contributed by atoms with E-state index in [2.05, 4.69) is 4.72 Å². The van der Waals surface area contributed by atoms with E-state index < -0.39 is 21.6 Å². The highest BCUT2D eigenvalue weighted by Gasteiger charge is 2.14. The zero-order chi connectivity index (χ0) is 14.6. The monoisotopic (exact) mass is 295 g/mol. The van der Waals surface area contributed by atoms with E-state index in [-0.39, 0.29) is 5.56 Å². The van der Waals surface area contributed by atoms with E-state index in [4.69, 9.17) is 4.74 Å². The van der Waals surface area contributed by atoms with Crippen molar-refractivity contribution in [2.24, 2.45) is 0 Å². The molecule has 20 heavy (non-hydrogen) atoms. The van der Waals surface area contributed by atoms with Crippen LogP contribution in [0.4, 0.5) is 10.1 Å². The Morgan fingerprint density at radius 3 is 2.35 bits per heavy atom. The Bertz CT molecular complexity index is 684. The van der Waals surface area contributed by atoms with Crippen LogP contribution in [0, 0.1) is 5.82 Å². The quantitative estimate of drug-likeness (QED) is 0.923. The Hall–Kier alpha value is -2.08. The van der Waals surface area contributed by atoms with Crippen LogP contribution in [0.15, 0.2) is 48.5 Å². The lowest BCUT2D eigenvalue weighted by molar-refractivity contribution is 0.415. The molecule has 0 heterocycles. The molecule has 0 aliphatic rings. The summed E-state index contributed by atoms with van der Waals surface area (Å²) in [5.74, 6) is -0.319. The van der Waals surface area contributed by atoms with Crippen LogP contribution in [-0.2, 0) is 15.8 Å². The van der Waals surface area contributed by atoms with Gasteiger partial charge < -0.3 is 4.74 Å². The van der Waals surface area contributed by atoms with Crippen LogP contribution in [0.2, 0.25) is 0 Å². The molecule has 0 bridgehead atoms. The summed E-state index contributed by atoms with van der Waals surface area (Å²) in [5, 5.41) is 0. The normalized spacial score (nSPS) is 11.1. The van der Waals surface area contributed by atoms with Gasteiger partial charge in [0.05, 0.1) is 12.9 Å². The Morgan fingerprint density at radius 1 is 1.10 bits per heavy atom. The number of nitrogens with one attached hydrogen (secondary N) is 1. The Morgan fingerprint density at radius 2 is 1.75 bits per heavy atom. The molecular weight excluding hydrogens is 281 g/mol. The number of anilines is 1. The maximum absolute atomic E-state index is 13.4. The Kier molecular flexibility index (Phi) is 4.24. The molecule has 0 unspecified atom stereocenters. The van der Waals surface area contributed by atoms with Crippen molar-refractivity contribution in [2.75, 3.05) is 11.8 Å². The predicted molar refractivity (Wildman–Crippen MR) is 75.6 cm³/mol. The lowest BCUT2D eigenvalue weighted by Crippen LogP contribution is -2.15. The van der Waals surface area contributed by atoms with Crippen molar-refractivity contribution in [3.8, 4) is 5.75 Å². The minimum atomic E-state index is -3.66. The fourth-order valence-electron chi connectivity index (χ4n) is 1.69. The second-order valence-corrected chi connectivity index (χ2v) is 5.90. The number of halogens is 1. The average molecular weight is 295 g/mol. The minimum absolute atomic E-state index is 0.133. The third-order valence-corrected chi connectivity index (χ3v) is 3.90. The van der Waals surface area contributed by atoms with Crippen molar-refractivity contribution in [3.05, 3.63) is 59.9 Å². The van der Waals surface area contributed by atoms with E-state index in [9.17, 15) is 12.8 Å². The number of rotatable bonds is 5. The van der Waals surface area contributed by atoms with Crippen molar-refractivity contribution in [2.45, 2.75) is 5.75 Å². The van der Waals surface area contributed by atoms with E-state index in [0.717, 1.165) is 0 Å². The number of benzene rings is 2. The van der Waals surface area contributed by atoms with Gasteiger partial charge >= 0.3 is 0 Å². The molecule has 0 saturated heterocycles. The summed E-state index contributed by atoms with van der Waals surface area (Å²) in [7, 11) is -2.14. The van der Waals surface area contributed by atoms with Gasteiger partial charge in [0.25, 0.3) is 0 Å². The molecular formula is C14H14FNO3S. The molecule has 4 nitrogen and oxygen atoms in total. The molecule has 0 aliphatic heterocycles. The first-order valence-electron chi connectivity index (χ1n) is 5.88. The van der Waals surface area contributed by atoms with Gasteiger partial charge in [-0.05, 0) is 30.3 Å². The van der Waals surface area contributed by atoms with Crippen LogP contribution in [0.3, 0.4) is 0 Å². The van der Waals surface area contributed by atoms with E-state index >= 15 is 0 Å². The van der Waals surface area contributed by atoms with E-state index in [1.54, 1.807) is 30.3 Å². The summed E-state index contributed by atoms with van der Waals surface area (Å²) in [6.07, 6.45) is 0. The highest BCUT2D eigenvalue weighted by Crippen LogP contribution is 2.18. The summed E-state index contributed by atoms with van der Waals surface area (Å²) < 4.78 is 44.8. The fraction of sp³-hybridized carbons (Fsp3) is 0.143. The SMILES string of the molecule is COc1ccc(NS(=O)(=O)Cc2ccccc2F)cc1. The fourth-order valence-corrected chi connectivity index (χ4v) is 2.91. The molecule has 0 atom stereocenters. The summed E-state index contributed by atoms with van der Waals surface area (Å²) >= 11 is 0. The van der Waals surface area contributed by atoms with Crippen molar-refractivity contribution in [1.29, 1.82) is 0 Å². The highest BCUT2D eigenvalue weighted by atomic mass is 32.2. The van der Waals surface area contributed by atoms with Gasteiger partial charge in [0.15, 0.2) is 0 Å². The summed E-state index contributed by atoms with van der Waals surface area (Å²) in [4.78, 5) is 0. The van der Waals surface area contributed by atoms with Crippen LogP contribution < -0.4 is 9.46 Å². The maximum atomic E-state index is 13.4. The Balaban J connectivity index is 2.13. The Labute approximate surface area is 117 Å². The van der Waals surface area contributed by atoms with Crippen molar-refractivity contribution >= 4 is 15.7 Å². The predicted octanol–water partition coefficient (Wildman–Crippen LogP) is 2.78. The molecule has 1 N–H and O–H groups in total. The second kappa shape index (κ2) is 5.92. The standard InChI is InChI=1S/C14H14FNO3S/c1-19-13-8-6-12(7-9-13)16-20(17,18)10-11-4-2-3-5-14(11)15/h2-9,16H,10H2,1H3. The van der Waals surface area contributed by atoms with Crippen molar-refractivity contribution < 1.29 is 17.5 Å². The van der Waals surface area contributed by atoms with E-state index in [1.807, 2.05) is 0 Å². The molecule has 0 aliphatic carbocycles. The lowest BCUT2D eigenvalue weighted by atomic mass is 10.2. The third kappa shape index (κ3) is 3.71. The van der Waals surface area contributed by atoms with Gasteiger partial charge in [0, 0.05) is 11.3 Å². The van der Waals surface area contributed by atoms with Crippen molar-refractivity contribution in [1.82, 2.24) is 0 Å². The zero-order valence-electron chi connectivity index (χ0n) is 10.8. The van der Waals surface area contributed by atoms with Crippen molar-refractivity contribution in [3.63, 3.8) is 0 Å². The molecule has 2 rings (SSSR count). The van der Waals surface area contributed by atoms with Gasteiger partial charge in [0.2, 0.25) is 10.0 Å². The van der Waals surface area contributed by atoms with Gasteiger partial charge in [-0.25, -0.2) is 12.8 Å². The number of hydrogen-bond donors (Lipinski definition) is 1. The average Bonchev–Trinajstić information content (AvgIpc) is 2.41. The number of methoxy groups -OCH3 is 1. The largest absolute Gasteiger partial charge is 0.497 e. The van der Waals surface area contributed by atoms with Gasteiger partial charge in [-0.15, -0.1) is 0 Å². The summed E-state index contributed by atoms with van der Waals surface area (Å²) in [6, 6.07) is 12.2. The van der Waals surface area contributed by atoms with Crippen LogP contribution >= 0.6 is 0 Å². The molecule has 2 aromatic rings. The molecule has 0 amide bonds. The maximum Gasteiger partial charge on any atom is 0.237 e. The molecule has 2 aromatic carbocycles. The van der Waals surface area contributed by atoms with Gasteiger partial charge in [-0.3, -0.25) is 4.72 Å². The number of hydrogen-bond acceptors (Lipinski definition) is 3. The molecule has 0 spiro atoms. The first kappa shape index (κ1) is 14.3. The van der Waals surface area contributed by atoms with E-state index in [1.165, 1.54) is 25.3 Å². The topological polar surface area (TPSA) is 55.4 Å². The molecule has 0 saturated carbocycles. The number of ether oxygens (including phenoxy) is 1. The summed E-state index contributed by atoms with van der Waals surface area (Å²) in [6.45, 7) is 0. The molecule has 106 valence electrons. The molecule has 6 heteroatoms. The van der Waals surface area contributed by atoms with Crippen LogP contribution in [0.5, 0.6) is 5.75 Å². The summed E-state index contributed by atoms with van der Waals surface area (Å²) in [5.41, 5.74) is 0.538. The smallest absolute Gasteiger partial charge is 0.237 e. The van der Waals surface area contributed by atoms with Crippen LogP contribution in [-0.4, -0.2) is 15.5 Å². The first-order chi connectivity index (χ1) is 9.50. The molecule has 0 fully saturated rings. The van der Waals surface area contributed by atoms with E-state index in [0.29, 0.717) is 11.4 Å². The molecule has 0 aromatic heterocycles. The van der Waals surface area contributed by atoms with Gasteiger partial charge in [-0.2, -0.15) is 0 Å². The first-order valence-corrected chi connectivity index (χ1v) is 7.53. The van der Waals surface area contributed by atoms with Crippen LogP contribution in [0.25, 0.3) is 0 Å². The lowest BCUT2D eigenvalue weighted by Gasteiger charge is -2.09.